The van der Waals surface area contributed by atoms with Gasteiger partial charge in [-0.25, -0.2) is 9.78 Å². The molecule has 150 valence electrons. The number of amides is 2. The Morgan fingerprint density at radius 3 is 2.79 bits per heavy atom. The number of nitrogens with zero attached hydrogens (tertiary/aromatic N) is 3. The van der Waals surface area contributed by atoms with Gasteiger partial charge in [0.25, 0.3) is 0 Å². The van der Waals surface area contributed by atoms with Crippen LogP contribution in [0.25, 0.3) is 11.0 Å². The lowest BCUT2D eigenvalue weighted by Gasteiger charge is -2.36. The number of piperidine rings is 1. The van der Waals surface area contributed by atoms with Crippen molar-refractivity contribution in [2.75, 3.05) is 26.0 Å². The Morgan fingerprint density at radius 2 is 2.03 bits per heavy atom. The summed E-state index contributed by atoms with van der Waals surface area (Å²) in [6.07, 6.45) is 3.50. The maximum Gasteiger partial charge on any atom is 0.319 e. The molecular weight excluding hydrogens is 364 g/mol. The van der Waals surface area contributed by atoms with Crippen molar-refractivity contribution >= 4 is 29.0 Å². The predicted molar refractivity (Wildman–Crippen MR) is 117 cm³/mol. The van der Waals surface area contributed by atoms with E-state index in [1.165, 1.54) is 0 Å². The molecule has 2 heterocycles. The van der Waals surface area contributed by atoms with Gasteiger partial charge < -0.3 is 15.6 Å². The fourth-order valence-corrected chi connectivity index (χ4v) is 3.82. The number of hydrogen-bond acceptors (Lipinski definition) is 4. The molecule has 0 bridgehead atoms. The van der Waals surface area contributed by atoms with Crippen molar-refractivity contribution in [1.29, 1.82) is 0 Å². The van der Waals surface area contributed by atoms with E-state index in [-0.39, 0.29) is 18.1 Å². The molecular formula is C22H26N6O. The van der Waals surface area contributed by atoms with Crippen molar-refractivity contribution in [2.45, 2.75) is 24.9 Å². The Morgan fingerprint density at radius 1 is 1.24 bits per heavy atom. The number of imidazole rings is 1. The number of rotatable bonds is 4. The highest BCUT2D eigenvalue weighted by molar-refractivity contribution is 5.90. The van der Waals surface area contributed by atoms with E-state index >= 15 is 0 Å². The third-order valence-corrected chi connectivity index (χ3v) is 5.38. The van der Waals surface area contributed by atoms with Crippen molar-refractivity contribution in [3.05, 3.63) is 59.9 Å². The molecule has 4 rings (SSSR count). The number of nitrogens with one attached hydrogen (secondary N) is 3. The molecule has 2 aromatic carbocycles. The van der Waals surface area contributed by atoms with Crippen LogP contribution in [0.5, 0.6) is 0 Å². The largest absolute Gasteiger partial charge is 0.341 e. The molecule has 0 aliphatic carbocycles. The molecule has 3 aromatic rings. The summed E-state index contributed by atoms with van der Waals surface area (Å²) in [5.74, 6) is 0.953. The molecule has 2 atom stereocenters. The molecule has 3 N–H and O–H groups in total. The SMILES string of the molecule is C/N=C\c1ccc(NC(=O)N[C@@H]2CCN(C)[C@@H](c3nc4ccccc4[nH]3)C2)cc1. The number of para-hydroxylation sites is 2. The van der Waals surface area contributed by atoms with Gasteiger partial charge in [0.05, 0.1) is 17.1 Å². The third kappa shape index (κ3) is 4.46. The molecule has 0 saturated carbocycles. The number of carbonyl (C=O) groups is 1. The Bertz CT molecular complexity index is 977. The zero-order chi connectivity index (χ0) is 20.2. The van der Waals surface area contributed by atoms with Crippen molar-refractivity contribution in [3.8, 4) is 0 Å². The summed E-state index contributed by atoms with van der Waals surface area (Å²) in [6, 6.07) is 15.7. The zero-order valence-electron chi connectivity index (χ0n) is 16.7. The Kier molecular flexibility index (Phi) is 5.57. The topological polar surface area (TPSA) is 85.4 Å². The van der Waals surface area contributed by atoms with Crippen molar-refractivity contribution < 1.29 is 4.79 Å². The number of hydrogen-bond donors (Lipinski definition) is 3. The lowest BCUT2D eigenvalue weighted by Crippen LogP contribution is -2.46. The van der Waals surface area contributed by atoms with Gasteiger partial charge in [0.2, 0.25) is 0 Å². The van der Waals surface area contributed by atoms with Gasteiger partial charge in [-0.15, -0.1) is 0 Å². The average Bonchev–Trinajstić information content (AvgIpc) is 3.15. The first-order chi connectivity index (χ1) is 14.1. The lowest BCUT2D eigenvalue weighted by atomic mass is 9.97. The first-order valence-corrected chi connectivity index (χ1v) is 9.87. The van der Waals surface area contributed by atoms with E-state index in [1.54, 1.807) is 13.3 Å². The van der Waals surface area contributed by atoms with E-state index in [2.05, 4.69) is 32.6 Å². The maximum atomic E-state index is 12.5. The quantitative estimate of drug-likeness (QED) is 0.596. The van der Waals surface area contributed by atoms with Gasteiger partial charge in [-0.3, -0.25) is 9.89 Å². The van der Waals surface area contributed by atoms with Gasteiger partial charge in [0.1, 0.15) is 5.82 Å². The summed E-state index contributed by atoms with van der Waals surface area (Å²) in [4.78, 5) is 26.9. The van der Waals surface area contributed by atoms with Crippen molar-refractivity contribution in [1.82, 2.24) is 20.2 Å². The van der Waals surface area contributed by atoms with E-state index in [1.807, 2.05) is 48.5 Å². The van der Waals surface area contributed by atoms with E-state index in [0.717, 1.165) is 47.5 Å². The Hall–Kier alpha value is -3.19. The highest BCUT2D eigenvalue weighted by Crippen LogP contribution is 2.29. The van der Waals surface area contributed by atoms with E-state index in [9.17, 15) is 4.79 Å². The number of aromatic nitrogens is 2. The van der Waals surface area contributed by atoms with Crippen LogP contribution in [0.3, 0.4) is 0 Å². The summed E-state index contributed by atoms with van der Waals surface area (Å²) in [5, 5.41) is 6.03. The molecule has 1 saturated heterocycles. The molecule has 1 aliphatic rings. The van der Waals surface area contributed by atoms with Crippen LogP contribution in [-0.4, -0.2) is 53.8 Å². The Labute approximate surface area is 170 Å². The second kappa shape index (κ2) is 8.45. The number of carbonyl (C=O) groups excluding carboxylic acids is 1. The van der Waals surface area contributed by atoms with Crippen molar-refractivity contribution in [2.24, 2.45) is 4.99 Å². The van der Waals surface area contributed by atoms with Crippen LogP contribution in [-0.2, 0) is 0 Å². The second-order valence-electron chi connectivity index (χ2n) is 7.46. The van der Waals surface area contributed by atoms with Gasteiger partial charge in [0, 0.05) is 31.5 Å². The summed E-state index contributed by atoms with van der Waals surface area (Å²) in [7, 11) is 3.84. The molecule has 7 nitrogen and oxygen atoms in total. The number of H-pyrrole nitrogens is 1. The zero-order valence-corrected chi connectivity index (χ0v) is 16.7. The van der Waals surface area contributed by atoms with E-state index in [4.69, 9.17) is 4.98 Å². The number of aliphatic imine (C=N–C) groups is 1. The standard InChI is InChI=1S/C22H26N6O/c1-23-14-15-7-9-16(10-8-15)24-22(29)25-17-11-12-28(2)20(13-17)21-26-18-5-3-4-6-19(18)27-21/h3-10,14,17,20H,11-13H2,1-2H3,(H,26,27)(H2,24,25,29)/b23-14-/t17-,20-/m1/s1. The Balaban J connectivity index is 1.39. The highest BCUT2D eigenvalue weighted by Gasteiger charge is 2.30. The van der Waals surface area contributed by atoms with Gasteiger partial charge in [-0.1, -0.05) is 24.3 Å². The summed E-state index contributed by atoms with van der Waals surface area (Å²) >= 11 is 0. The van der Waals surface area contributed by atoms with Crippen molar-refractivity contribution in [3.63, 3.8) is 0 Å². The van der Waals surface area contributed by atoms with Crippen LogP contribution in [0.1, 0.15) is 30.3 Å². The van der Waals surface area contributed by atoms with Gasteiger partial charge >= 0.3 is 6.03 Å². The smallest absolute Gasteiger partial charge is 0.319 e. The van der Waals surface area contributed by atoms with Crippen LogP contribution in [0, 0.1) is 0 Å². The molecule has 1 aliphatic heterocycles. The number of aromatic amines is 1. The summed E-state index contributed by atoms with van der Waals surface area (Å²) < 4.78 is 0. The molecule has 29 heavy (non-hydrogen) atoms. The molecule has 2 amide bonds. The second-order valence-corrected chi connectivity index (χ2v) is 7.46. The summed E-state index contributed by atoms with van der Waals surface area (Å²) in [6.45, 7) is 0.901. The highest BCUT2D eigenvalue weighted by atomic mass is 16.2. The third-order valence-electron chi connectivity index (χ3n) is 5.38. The number of anilines is 1. The minimum Gasteiger partial charge on any atom is -0.341 e. The fourth-order valence-electron chi connectivity index (χ4n) is 3.82. The van der Waals surface area contributed by atoms with E-state index < -0.39 is 0 Å². The van der Waals surface area contributed by atoms with Crippen LogP contribution >= 0.6 is 0 Å². The first-order valence-electron chi connectivity index (χ1n) is 9.87. The molecule has 1 fully saturated rings. The summed E-state index contributed by atoms with van der Waals surface area (Å²) in [5.41, 5.74) is 3.78. The van der Waals surface area contributed by atoms with Crippen LogP contribution < -0.4 is 10.6 Å². The van der Waals surface area contributed by atoms with Gasteiger partial charge in [-0.2, -0.15) is 0 Å². The van der Waals surface area contributed by atoms with Gasteiger partial charge in [0.15, 0.2) is 0 Å². The molecule has 0 radical (unpaired) electrons. The van der Waals surface area contributed by atoms with Crippen LogP contribution in [0.2, 0.25) is 0 Å². The molecule has 7 heteroatoms. The number of fused-ring (bicyclic) bond motifs is 1. The number of likely N-dealkylation sites (tertiary alicyclic amines) is 1. The van der Waals surface area contributed by atoms with Crippen LogP contribution in [0.4, 0.5) is 10.5 Å². The molecule has 1 aromatic heterocycles. The first kappa shape index (κ1) is 19.1. The number of benzene rings is 2. The fraction of sp³-hybridized carbons (Fsp3) is 0.318. The average molecular weight is 390 g/mol. The minimum absolute atomic E-state index is 0.0934. The van der Waals surface area contributed by atoms with Crippen LogP contribution in [0.15, 0.2) is 53.5 Å². The predicted octanol–water partition coefficient (Wildman–Crippen LogP) is 3.57. The van der Waals surface area contributed by atoms with E-state index in [0.29, 0.717) is 0 Å². The minimum atomic E-state index is -0.181. The lowest BCUT2D eigenvalue weighted by molar-refractivity contribution is 0.153. The monoisotopic (exact) mass is 390 g/mol. The maximum absolute atomic E-state index is 12.5. The number of urea groups is 1. The molecule has 0 spiro atoms. The van der Waals surface area contributed by atoms with Gasteiger partial charge in [-0.05, 0) is 49.7 Å². The molecule has 0 unspecified atom stereocenters. The normalized spacial score (nSPS) is 20.2.